The van der Waals surface area contributed by atoms with Crippen molar-refractivity contribution in [3.8, 4) is 23.0 Å². The van der Waals surface area contributed by atoms with E-state index < -0.39 is 50.8 Å². The molecular weight excluding hydrogens is 614 g/mol. The van der Waals surface area contributed by atoms with E-state index in [0.717, 1.165) is 4.57 Å². The number of anilines is 2. The first-order valence-electron chi connectivity index (χ1n) is 13.8. The number of pyridine rings is 3. The normalized spacial score (nSPS) is 13.4. The monoisotopic (exact) mass is 639 g/mol. The molecule has 1 amide bonds. The number of amides is 1. The van der Waals surface area contributed by atoms with Crippen molar-refractivity contribution in [3.05, 3.63) is 86.5 Å². The highest BCUT2D eigenvalue weighted by Gasteiger charge is 2.32. The van der Waals surface area contributed by atoms with Crippen LogP contribution in [0.2, 0.25) is 5.02 Å². The number of rotatable bonds is 5. The van der Waals surface area contributed by atoms with E-state index in [2.05, 4.69) is 16.5 Å². The standard InChI is InChI=1S/C31H26ClF4N7O2/c1-5-19(44)41-8-10-42(11-9-41)29-16-12-18(32)27(20-21(33)23(35)24(36)25(38)22(20)34)40-30(16)43(31(45)17(29)13-37)28-15(4)6-7-39-26(28)14(2)3/h5-7,12,14H,1,8-11,38H2,2-4H3. The lowest BCUT2D eigenvalue weighted by molar-refractivity contribution is -0.126. The van der Waals surface area contributed by atoms with Crippen LogP contribution < -0.4 is 16.2 Å². The van der Waals surface area contributed by atoms with E-state index in [1.165, 1.54) is 12.1 Å². The molecule has 2 N–H and O–H groups in total. The van der Waals surface area contributed by atoms with Gasteiger partial charge in [-0.1, -0.05) is 32.0 Å². The predicted octanol–water partition coefficient (Wildman–Crippen LogP) is 5.38. The molecule has 14 heteroatoms. The molecule has 4 aromatic rings. The highest BCUT2D eigenvalue weighted by Crippen LogP contribution is 2.40. The van der Waals surface area contributed by atoms with Gasteiger partial charge in [-0.05, 0) is 36.6 Å². The number of carbonyl (C=O) groups excluding carboxylic acids is 1. The number of carbonyl (C=O) groups is 1. The maximum atomic E-state index is 15.3. The Morgan fingerprint density at radius 3 is 2.38 bits per heavy atom. The summed E-state index contributed by atoms with van der Waals surface area (Å²) >= 11 is 6.55. The first-order chi connectivity index (χ1) is 21.3. The third-order valence-electron chi connectivity index (χ3n) is 7.73. The van der Waals surface area contributed by atoms with Gasteiger partial charge < -0.3 is 15.5 Å². The topological polar surface area (TPSA) is 121 Å². The van der Waals surface area contributed by atoms with Gasteiger partial charge in [-0.15, -0.1) is 0 Å². The van der Waals surface area contributed by atoms with Gasteiger partial charge in [0.2, 0.25) is 5.91 Å². The van der Waals surface area contributed by atoms with Crippen molar-refractivity contribution < 1.29 is 22.4 Å². The largest absolute Gasteiger partial charge is 0.394 e. The third-order valence-corrected chi connectivity index (χ3v) is 8.02. The fourth-order valence-electron chi connectivity index (χ4n) is 5.50. The molecule has 1 fully saturated rings. The molecule has 45 heavy (non-hydrogen) atoms. The Balaban J connectivity index is 1.93. The summed E-state index contributed by atoms with van der Waals surface area (Å²) in [5.41, 5.74) is 2.51. The van der Waals surface area contributed by atoms with Gasteiger partial charge in [0.05, 0.1) is 33.3 Å². The van der Waals surface area contributed by atoms with E-state index in [4.69, 9.17) is 17.3 Å². The van der Waals surface area contributed by atoms with Crippen molar-refractivity contribution in [2.75, 3.05) is 36.8 Å². The Hall–Kier alpha value is -4.96. The summed E-state index contributed by atoms with van der Waals surface area (Å²) in [6.07, 6.45) is 2.74. The van der Waals surface area contributed by atoms with E-state index in [1.54, 1.807) is 29.0 Å². The average Bonchev–Trinajstić information content (AvgIpc) is 3.02. The van der Waals surface area contributed by atoms with Crippen LogP contribution in [0.1, 0.15) is 36.6 Å². The molecule has 1 saturated heterocycles. The molecule has 0 spiro atoms. The smallest absolute Gasteiger partial charge is 0.276 e. The number of nitrogens with zero attached hydrogens (tertiary/aromatic N) is 6. The van der Waals surface area contributed by atoms with E-state index in [0.29, 0.717) is 11.3 Å². The number of nitriles is 1. The number of benzene rings is 1. The summed E-state index contributed by atoms with van der Waals surface area (Å²) in [5, 5.41) is 10.1. The molecule has 3 aromatic heterocycles. The molecule has 0 bridgehead atoms. The first-order valence-corrected chi connectivity index (χ1v) is 14.1. The molecule has 0 unspecified atom stereocenters. The van der Waals surface area contributed by atoms with Crippen LogP contribution in [0.5, 0.6) is 0 Å². The van der Waals surface area contributed by atoms with Crippen molar-refractivity contribution in [1.29, 1.82) is 5.26 Å². The molecule has 1 aromatic carbocycles. The molecule has 5 rings (SSSR count). The summed E-state index contributed by atoms with van der Waals surface area (Å²) < 4.78 is 60.1. The van der Waals surface area contributed by atoms with Gasteiger partial charge in [0.1, 0.15) is 23.0 Å². The molecule has 4 heterocycles. The molecule has 1 aliphatic rings. The van der Waals surface area contributed by atoms with Crippen LogP contribution in [-0.4, -0.2) is 51.5 Å². The Kier molecular flexibility index (Phi) is 8.29. The van der Waals surface area contributed by atoms with E-state index in [-0.39, 0.29) is 66.0 Å². The number of nitrogens with two attached hydrogens (primary N) is 1. The lowest BCUT2D eigenvalue weighted by Gasteiger charge is -2.36. The second kappa shape index (κ2) is 11.9. The number of aromatic nitrogens is 3. The van der Waals surface area contributed by atoms with Crippen LogP contribution in [0.15, 0.2) is 35.8 Å². The Labute approximate surface area is 259 Å². The number of aryl methyl sites for hydroxylation is 1. The molecular formula is C31H26ClF4N7O2. The van der Waals surface area contributed by atoms with Gasteiger partial charge in [-0.2, -0.15) is 5.26 Å². The van der Waals surface area contributed by atoms with Crippen LogP contribution in [0.4, 0.5) is 28.9 Å². The maximum absolute atomic E-state index is 15.3. The number of fused-ring (bicyclic) bond motifs is 1. The highest BCUT2D eigenvalue weighted by atomic mass is 35.5. The van der Waals surface area contributed by atoms with Gasteiger partial charge in [-0.25, -0.2) is 22.5 Å². The maximum Gasteiger partial charge on any atom is 0.276 e. The lowest BCUT2D eigenvalue weighted by Crippen LogP contribution is -2.49. The zero-order chi connectivity index (χ0) is 32.9. The minimum absolute atomic E-state index is 0.138. The zero-order valence-corrected chi connectivity index (χ0v) is 25.1. The highest BCUT2D eigenvalue weighted by molar-refractivity contribution is 6.34. The zero-order valence-electron chi connectivity index (χ0n) is 24.4. The summed E-state index contributed by atoms with van der Waals surface area (Å²) in [7, 11) is 0. The average molecular weight is 640 g/mol. The van der Waals surface area contributed by atoms with Crippen LogP contribution in [0.3, 0.4) is 0 Å². The van der Waals surface area contributed by atoms with Crippen LogP contribution in [0, 0.1) is 41.5 Å². The Morgan fingerprint density at radius 1 is 1.11 bits per heavy atom. The van der Waals surface area contributed by atoms with E-state index in [9.17, 15) is 23.6 Å². The van der Waals surface area contributed by atoms with Crippen LogP contribution in [-0.2, 0) is 4.79 Å². The van der Waals surface area contributed by atoms with Crippen molar-refractivity contribution in [3.63, 3.8) is 0 Å². The second-order valence-electron chi connectivity index (χ2n) is 10.7. The molecule has 232 valence electrons. The number of halogens is 5. The van der Waals surface area contributed by atoms with Crippen molar-refractivity contribution in [2.45, 2.75) is 26.7 Å². The van der Waals surface area contributed by atoms with Crippen molar-refractivity contribution in [2.24, 2.45) is 0 Å². The Morgan fingerprint density at radius 2 is 1.78 bits per heavy atom. The molecule has 0 atom stereocenters. The van der Waals surface area contributed by atoms with Gasteiger partial charge in [0.25, 0.3) is 5.56 Å². The molecule has 1 aliphatic heterocycles. The van der Waals surface area contributed by atoms with Gasteiger partial charge in [-0.3, -0.25) is 19.1 Å². The third kappa shape index (κ3) is 5.04. The van der Waals surface area contributed by atoms with Crippen molar-refractivity contribution >= 4 is 39.9 Å². The summed E-state index contributed by atoms with van der Waals surface area (Å²) in [6.45, 7) is 9.79. The van der Waals surface area contributed by atoms with E-state index >= 15 is 8.78 Å². The van der Waals surface area contributed by atoms with E-state index in [1.807, 2.05) is 19.9 Å². The van der Waals surface area contributed by atoms with Crippen LogP contribution >= 0.6 is 11.6 Å². The number of hydrogen-bond donors (Lipinski definition) is 1. The van der Waals surface area contributed by atoms with Crippen molar-refractivity contribution in [1.82, 2.24) is 19.4 Å². The SMILES string of the molecule is C=CC(=O)N1CCN(c2c(C#N)c(=O)n(-c3c(C)ccnc3C(C)C)c3nc(-c4c(F)c(N)c(F)c(F)c4F)c(Cl)cc23)CC1. The first kappa shape index (κ1) is 31.5. The lowest BCUT2D eigenvalue weighted by atomic mass is 10.0. The van der Waals surface area contributed by atoms with Gasteiger partial charge in [0.15, 0.2) is 23.3 Å². The minimum Gasteiger partial charge on any atom is -0.394 e. The number of piperazine rings is 1. The fourth-order valence-corrected chi connectivity index (χ4v) is 5.75. The van der Waals surface area contributed by atoms with Gasteiger partial charge in [0, 0.05) is 37.8 Å². The summed E-state index contributed by atoms with van der Waals surface area (Å²) in [5.74, 6) is -8.00. The van der Waals surface area contributed by atoms with Crippen LogP contribution in [0.25, 0.3) is 28.0 Å². The minimum atomic E-state index is -2.03. The number of nitrogen functional groups attached to an aromatic ring is 1. The molecule has 0 aliphatic carbocycles. The summed E-state index contributed by atoms with van der Waals surface area (Å²) in [6, 6.07) is 4.89. The quantitative estimate of drug-likeness (QED) is 0.102. The number of hydrogen-bond acceptors (Lipinski definition) is 7. The molecule has 9 nitrogen and oxygen atoms in total. The molecule has 0 radical (unpaired) electrons. The predicted molar refractivity (Wildman–Crippen MR) is 162 cm³/mol. The van der Waals surface area contributed by atoms with Gasteiger partial charge >= 0.3 is 0 Å². The molecule has 0 saturated carbocycles. The summed E-state index contributed by atoms with van der Waals surface area (Å²) in [4.78, 5) is 38.6. The fraction of sp³-hybridized carbons (Fsp3) is 0.258. The second-order valence-corrected chi connectivity index (χ2v) is 11.2. The Bertz CT molecular complexity index is 1990.